The standard InChI is InChI=1S/C21H31N3O3/c1-15-10-18(20(25)26)14-24(12-15)21(27)22-19-8-9-23(16(2)11-19)13-17-6-4-3-5-7-17/h3-7,15-16,18-19H,8-14H2,1-2H3,(H,22,27)(H,25,26). The molecule has 0 radical (unpaired) electrons. The number of carboxylic acid groups (broad SMARTS) is 1. The highest BCUT2D eigenvalue weighted by Gasteiger charge is 2.33. The van der Waals surface area contributed by atoms with Crippen molar-refractivity contribution in [2.45, 2.75) is 51.7 Å². The zero-order chi connectivity index (χ0) is 19.4. The fraction of sp³-hybridized carbons (Fsp3) is 0.619. The molecule has 0 spiro atoms. The van der Waals surface area contributed by atoms with E-state index in [1.165, 1.54) is 5.56 Å². The van der Waals surface area contributed by atoms with Crippen LogP contribution in [-0.4, -0.2) is 58.6 Å². The van der Waals surface area contributed by atoms with Gasteiger partial charge in [0.15, 0.2) is 0 Å². The van der Waals surface area contributed by atoms with Crippen molar-refractivity contribution in [3.63, 3.8) is 0 Å². The number of nitrogens with zero attached hydrogens (tertiary/aromatic N) is 2. The molecule has 2 heterocycles. The first-order valence-corrected chi connectivity index (χ1v) is 9.98. The molecule has 2 N–H and O–H groups in total. The summed E-state index contributed by atoms with van der Waals surface area (Å²) >= 11 is 0. The van der Waals surface area contributed by atoms with Gasteiger partial charge in [-0.3, -0.25) is 9.69 Å². The van der Waals surface area contributed by atoms with E-state index in [0.29, 0.717) is 25.6 Å². The summed E-state index contributed by atoms with van der Waals surface area (Å²) in [6, 6.07) is 10.9. The molecule has 27 heavy (non-hydrogen) atoms. The topological polar surface area (TPSA) is 72.9 Å². The Morgan fingerprint density at radius 3 is 2.56 bits per heavy atom. The fourth-order valence-electron chi connectivity index (χ4n) is 4.37. The number of hydrogen-bond donors (Lipinski definition) is 2. The first-order valence-electron chi connectivity index (χ1n) is 9.98. The van der Waals surface area contributed by atoms with Gasteiger partial charge in [-0.25, -0.2) is 4.79 Å². The second-order valence-corrected chi connectivity index (χ2v) is 8.26. The van der Waals surface area contributed by atoms with Crippen LogP contribution in [0.3, 0.4) is 0 Å². The molecule has 2 saturated heterocycles. The molecule has 4 atom stereocenters. The van der Waals surface area contributed by atoms with Gasteiger partial charge in [0, 0.05) is 38.3 Å². The zero-order valence-electron chi connectivity index (χ0n) is 16.3. The highest BCUT2D eigenvalue weighted by molar-refractivity contribution is 5.76. The molecule has 6 heteroatoms. The molecule has 4 unspecified atom stereocenters. The smallest absolute Gasteiger partial charge is 0.317 e. The van der Waals surface area contributed by atoms with Crippen LogP contribution < -0.4 is 5.32 Å². The van der Waals surface area contributed by atoms with Crippen LogP contribution in [0.2, 0.25) is 0 Å². The van der Waals surface area contributed by atoms with Crippen molar-refractivity contribution in [3.8, 4) is 0 Å². The quantitative estimate of drug-likeness (QED) is 0.851. The van der Waals surface area contributed by atoms with Crippen molar-refractivity contribution < 1.29 is 14.7 Å². The minimum Gasteiger partial charge on any atom is -0.481 e. The number of piperidine rings is 2. The summed E-state index contributed by atoms with van der Waals surface area (Å²) in [5.41, 5.74) is 1.31. The van der Waals surface area contributed by atoms with Crippen LogP contribution in [0.4, 0.5) is 4.79 Å². The summed E-state index contributed by atoms with van der Waals surface area (Å²) in [5, 5.41) is 12.4. The Kier molecular flexibility index (Phi) is 6.37. The lowest BCUT2D eigenvalue weighted by Crippen LogP contribution is -2.54. The summed E-state index contributed by atoms with van der Waals surface area (Å²) in [6.07, 6.45) is 2.49. The van der Waals surface area contributed by atoms with E-state index < -0.39 is 11.9 Å². The van der Waals surface area contributed by atoms with Gasteiger partial charge >= 0.3 is 12.0 Å². The van der Waals surface area contributed by atoms with Crippen molar-refractivity contribution >= 4 is 12.0 Å². The molecule has 3 rings (SSSR count). The number of carbonyl (C=O) groups is 2. The highest BCUT2D eigenvalue weighted by atomic mass is 16.4. The summed E-state index contributed by atoms with van der Waals surface area (Å²) in [4.78, 5) is 28.1. The third-order valence-corrected chi connectivity index (χ3v) is 5.87. The zero-order valence-corrected chi connectivity index (χ0v) is 16.3. The predicted molar refractivity (Wildman–Crippen MR) is 104 cm³/mol. The molecular formula is C21H31N3O3. The summed E-state index contributed by atoms with van der Waals surface area (Å²) in [6.45, 7) is 7.07. The maximum Gasteiger partial charge on any atom is 0.317 e. The number of carbonyl (C=O) groups excluding carboxylic acids is 1. The Bertz CT molecular complexity index is 651. The molecule has 0 aromatic heterocycles. The molecule has 2 aliphatic rings. The molecule has 0 bridgehead atoms. The van der Waals surface area contributed by atoms with Gasteiger partial charge in [-0.2, -0.15) is 0 Å². The molecule has 1 aromatic rings. The second-order valence-electron chi connectivity index (χ2n) is 8.26. The molecule has 0 saturated carbocycles. The van der Waals surface area contributed by atoms with E-state index in [1.54, 1.807) is 4.90 Å². The maximum atomic E-state index is 12.7. The van der Waals surface area contributed by atoms with E-state index >= 15 is 0 Å². The highest BCUT2D eigenvalue weighted by Crippen LogP contribution is 2.23. The van der Waals surface area contributed by atoms with Crippen molar-refractivity contribution in [2.24, 2.45) is 11.8 Å². The molecule has 2 fully saturated rings. The van der Waals surface area contributed by atoms with Crippen LogP contribution in [-0.2, 0) is 11.3 Å². The van der Waals surface area contributed by atoms with Gasteiger partial charge in [0.25, 0.3) is 0 Å². The Hall–Kier alpha value is -2.08. The van der Waals surface area contributed by atoms with Crippen LogP contribution in [0.5, 0.6) is 0 Å². The molecule has 148 valence electrons. The van der Waals surface area contributed by atoms with Gasteiger partial charge in [-0.1, -0.05) is 37.3 Å². The maximum absolute atomic E-state index is 12.7. The van der Waals surface area contributed by atoms with Gasteiger partial charge in [-0.15, -0.1) is 0 Å². The van der Waals surface area contributed by atoms with E-state index in [4.69, 9.17) is 0 Å². The molecule has 0 aliphatic carbocycles. The average Bonchev–Trinajstić information content (AvgIpc) is 2.64. The first kappa shape index (κ1) is 19.7. The number of carboxylic acids is 1. The number of likely N-dealkylation sites (tertiary alicyclic amines) is 2. The Labute approximate surface area is 161 Å². The van der Waals surface area contributed by atoms with E-state index in [-0.39, 0.29) is 18.0 Å². The number of rotatable bonds is 4. The van der Waals surface area contributed by atoms with Crippen molar-refractivity contribution in [3.05, 3.63) is 35.9 Å². The number of amides is 2. The van der Waals surface area contributed by atoms with Crippen molar-refractivity contribution in [2.75, 3.05) is 19.6 Å². The largest absolute Gasteiger partial charge is 0.481 e. The summed E-state index contributed by atoms with van der Waals surface area (Å²) in [5.74, 6) is -1.04. The van der Waals surface area contributed by atoms with Gasteiger partial charge < -0.3 is 15.3 Å². The van der Waals surface area contributed by atoms with Crippen molar-refractivity contribution in [1.82, 2.24) is 15.1 Å². The molecule has 2 aliphatic heterocycles. The van der Waals surface area contributed by atoms with Crippen LogP contribution in [0.1, 0.15) is 38.7 Å². The number of aliphatic carboxylic acids is 1. The van der Waals surface area contributed by atoms with Gasteiger partial charge in [0.1, 0.15) is 0 Å². The fourth-order valence-corrected chi connectivity index (χ4v) is 4.37. The van der Waals surface area contributed by atoms with E-state index in [2.05, 4.69) is 41.4 Å². The minimum absolute atomic E-state index is 0.110. The van der Waals surface area contributed by atoms with E-state index in [1.807, 2.05) is 13.0 Å². The Morgan fingerprint density at radius 2 is 1.89 bits per heavy atom. The number of nitrogens with one attached hydrogen (secondary N) is 1. The second kappa shape index (κ2) is 8.74. The lowest BCUT2D eigenvalue weighted by Gasteiger charge is -2.40. The number of urea groups is 1. The predicted octanol–water partition coefficient (Wildman–Crippen LogP) is 2.79. The van der Waals surface area contributed by atoms with Gasteiger partial charge in [-0.05, 0) is 37.7 Å². The number of hydrogen-bond acceptors (Lipinski definition) is 3. The third kappa shape index (κ3) is 5.22. The SMILES string of the molecule is CC1CC(C(=O)O)CN(C(=O)NC2CCN(Cc3ccccc3)C(C)C2)C1. The van der Waals surface area contributed by atoms with Gasteiger partial charge in [0.05, 0.1) is 5.92 Å². The molecule has 1 aromatic carbocycles. The summed E-state index contributed by atoms with van der Waals surface area (Å²) < 4.78 is 0. The molecule has 2 amide bonds. The van der Waals surface area contributed by atoms with E-state index in [9.17, 15) is 14.7 Å². The van der Waals surface area contributed by atoms with Crippen LogP contribution in [0.15, 0.2) is 30.3 Å². The minimum atomic E-state index is -0.804. The molecule has 6 nitrogen and oxygen atoms in total. The lowest BCUT2D eigenvalue weighted by molar-refractivity contribution is -0.143. The third-order valence-electron chi connectivity index (χ3n) is 5.87. The van der Waals surface area contributed by atoms with Gasteiger partial charge in [0.2, 0.25) is 0 Å². The van der Waals surface area contributed by atoms with Crippen LogP contribution in [0, 0.1) is 11.8 Å². The van der Waals surface area contributed by atoms with Crippen molar-refractivity contribution in [1.29, 1.82) is 0 Å². The van der Waals surface area contributed by atoms with E-state index in [0.717, 1.165) is 25.9 Å². The monoisotopic (exact) mass is 373 g/mol. The van der Waals surface area contributed by atoms with Crippen LogP contribution in [0.25, 0.3) is 0 Å². The number of benzene rings is 1. The Morgan fingerprint density at radius 1 is 1.15 bits per heavy atom. The average molecular weight is 373 g/mol. The summed E-state index contributed by atoms with van der Waals surface area (Å²) in [7, 11) is 0. The Balaban J connectivity index is 1.50. The van der Waals surface area contributed by atoms with Crippen LogP contribution >= 0.6 is 0 Å². The first-order chi connectivity index (χ1) is 12.9. The molecular weight excluding hydrogens is 342 g/mol. The lowest BCUT2D eigenvalue weighted by atomic mass is 9.90. The normalized spacial score (nSPS) is 29.3.